The third kappa shape index (κ3) is 1.36. The van der Waals surface area contributed by atoms with Gasteiger partial charge in [-0.2, -0.15) is 0 Å². The fourth-order valence-corrected chi connectivity index (χ4v) is 0.930. The van der Waals surface area contributed by atoms with Crippen molar-refractivity contribution in [1.29, 1.82) is 0 Å². The van der Waals surface area contributed by atoms with Gasteiger partial charge in [-0.05, 0) is 24.7 Å². The van der Waals surface area contributed by atoms with Crippen LogP contribution in [0.2, 0.25) is 0 Å². The molecule has 1 aliphatic carbocycles. The van der Waals surface area contributed by atoms with Gasteiger partial charge in [0.05, 0.1) is 0 Å². The Morgan fingerprint density at radius 1 is 1.62 bits per heavy atom. The van der Waals surface area contributed by atoms with Gasteiger partial charge in [-0.25, -0.2) is 0 Å². The van der Waals surface area contributed by atoms with E-state index in [0.717, 1.165) is 11.8 Å². The van der Waals surface area contributed by atoms with E-state index in [0.29, 0.717) is 0 Å². The Bertz CT molecular complexity index is 92.2. The average Bonchev–Trinajstić information content (AvgIpc) is 2.42. The Balaban J connectivity index is 2.12. The van der Waals surface area contributed by atoms with Crippen LogP contribution in [0.25, 0.3) is 0 Å². The minimum Gasteiger partial charge on any atom is -0.0885 e. The van der Waals surface area contributed by atoms with Crippen LogP contribution in [0.4, 0.5) is 0 Å². The van der Waals surface area contributed by atoms with Crippen molar-refractivity contribution >= 4 is 0 Å². The summed E-state index contributed by atoms with van der Waals surface area (Å²) in [5, 5.41) is 0. The van der Waals surface area contributed by atoms with Crippen molar-refractivity contribution in [3.63, 3.8) is 0 Å². The lowest BCUT2D eigenvalue weighted by molar-refractivity contribution is 0.895. The Hall–Kier alpha value is -0.260. The molecule has 1 aliphatic rings. The molecule has 0 bridgehead atoms. The van der Waals surface area contributed by atoms with E-state index in [1.165, 1.54) is 12.8 Å². The predicted molar refractivity (Wildman–Crippen MR) is 36.7 cm³/mol. The second-order valence-electron chi connectivity index (χ2n) is 2.71. The van der Waals surface area contributed by atoms with Gasteiger partial charge in [-0.3, -0.25) is 0 Å². The average molecular weight is 110 g/mol. The molecule has 0 aromatic carbocycles. The Labute approximate surface area is 51.6 Å². The van der Waals surface area contributed by atoms with Crippen LogP contribution in [-0.2, 0) is 0 Å². The lowest BCUT2D eigenvalue weighted by Crippen LogP contribution is -1.66. The van der Waals surface area contributed by atoms with Crippen molar-refractivity contribution in [2.45, 2.75) is 26.7 Å². The normalized spacial score (nSPS) is 36.2. The number of allylic oxidation sites excluding steroid dienone is 2. The molecule has 1 rings (SSSR count). The first-order valence-electron chi connectivity index (χ1n) is 3.51. The Morgan fingerprint density at radius 3 is 2.62 bits per heavy atom. The molecule has 1 fully saturated rings. The molecule has 0 amide bonds. The molecule has 0 heteroatoms. The summed E-state index contributed by atoms with van der Waals surface area (Å²) in [4.78, 5) is 0. The first-order chi connectivity index (χ1) is 3.84. The predicted octanol–water partition coefficient (Wildman–Crippen LogP) is 2.61. The van der Waals surface area contributed by atoms with Crippen LogP contribution in [0.3, 0.4) is 0 Å². The molecule has 1 saturated carbocycles. The van der Waals surface area contributed by atoms with Gasteiger partial charge >= 0.3 is 0 Å². The van der Waals surface area contributed by atoms with Gasteiger partial charge in [0.25, 0.3) is 0 Å². The van der Waals surface area contributed by atoms with Gasteiger partial charge < -0.3 is 0 Å². The smallest absolute Gasteiger partial charge is 0.0205 e. The molecule has 0 nitrogen and oxygen atoms in total. The second kappa shape index (κ2) is 2.34. The van der Waals surface area contributed by atoms with Gasteiger partial charge in [0.2, 0.25) is 0 Å². The number of hydrogen-bond donors (Lipinski definition) is 0. The summed E-state index contributed by atoms with van der Waals surface area (Å²) in [6.07, 6.45) is 7.25. The summed E-state index contributed by atoms with van der Waals surface area (Å²) in [6, 6.07) is 0. The molecule has 2 atom stereocenters. The standard InChI is InChI=1S/C8H14/c1-3-4-5-8-6-7(8)2/h4-5,7-8H,3,6H2,1-2H3. The SMILES string of the molecule is CCC=CC1CC1C. The zero-order valence-electron chi connectivity index (χ0n) is 5.72. The van der Waals surface area contributed by atoms with E-state index in [1.54, 1.807) is 0 Å². The highest BCUT2D eigenvalue weighted by atomic mass is 14.3. The van der Waals surface area contributed by atoms with Crippen molar-refractivity contribution in [3.8, 4) is 0 Å². The van der Waals surface area contributed by atoms with E-state index < -0.39 is 0 Å². The molecule has 0 spiro atoms. The van der Waals surface area contributed by atoms with E-state index in [-0.39, 0.29) is 0 Å². The fourth-order valence-electron chi connectivity index (χ4n) is 0.930. The molecule has 0 aromatic heterocycles. The largest absolute Gasteiger partial charge is 0.0885 e. The van der Waals surface area contributed by atoms with Crippen molar-refractivity contribution in [3.05, 3.63) is 12.2 Å². The topological polar surface area (TPSA) is 0 Å². The third-order valence-corrected chi connectivity index (χ3v) is 1.79. The molecule has 0 heterocycles. The van der Waals surface area contributed by atoms with Crippen LogP contribution < -0.4 is 0 Å². The van der Waals surface area contributed by atoms with Gasteiger partial charge in [0.15, 0.2) is 0 Å². The van der Waals surface area contributed by atoms with Gasteiger partial charge in [0, 0.05) is 0 Å². The minimum absolute atomic E-state index is 0.940. The summed E-state index contributed by atoms with van der Waals surface area (Å²) in [7, 11) is 0. The fraction of sp³-hybridized carbons (Fsp3) is 0.750. The molecule has 0 N–H and O–H groups in total. The van der Waals surface area contributed by atoms with Crippen molar-refractivity contribution < 1.29 is 0 Å². The highest BCUT2D eigenvalue weighted by Crippen LogP contribution is 2.38. The molecule has 0 saturated heterocycles. The maximum absolute atomic E-state index is 2.35. The number of hydrogen-bond acceptors (Lipinski definition) is 0. The Kier molecular flexibility index (Phi) is 1.72. The number of rotatable bonds is 2. The maximum atomic E-state index is 2.35. The van der Waals surface area contributed by atoms with E-state index >= 15 is 0 Å². The van der Waals surface area contributed by atoms with Crippen LogP contribution in [-0.4, -0.2) is 0 Å². The highest BCUT2D eigenvalue weighted by Gasteiger charge is 2.28. The second-order valence-corrected chi connectivity index (χ2v) is 2.71. The monoisotopic (exact) mass is 110 g/mol. The molecule has 0 aliphatic heterocycles. The zero-order chi connectivity index (χ0) is 5.98. The molecular weight excluding hydrogens is 96.1 g/mol. The summed E-state index contributed by atoms with van der Waals surface area (Å²) < 4.78 is 0. The lowest BCUT2D eigenvalue weighted by Gasteiger charge is -1.79. The quantitative estimate of drug-likeness (QED) is 0.479. The van der Waals surface area contributed by atoms with Crippen LogP contribution in [0.15, 0.2) is 12.2 Å². The van der Waals surface area contributed by atoms with E-state index in [9.17, 15) is 0 Å². The molecule has 0 radical (unpaired) electrons. The lowest BCUT2D eigenvalue weighted by atomic mass is 10.3. The Morgan fingerprint density at radius 2 is 2.25 bits per heavy atom. The summed E-state index contributed by atoms with van der Waals surface area (Å²) in [6.45, 7) is 4.49. The van der Waals surface area contributed by atoms with E-state index in [4.69, 9.17) is 0 Å². The first kappa shape index (κ1) is 5.87. The van der Waals surface area contributed by atoms with Crippen molar-refractivity contribution in [2.75, 3.05) is 0 Å². The maximum Gasteiger partial charge on any atom is -0.0205 e. The minimum atomic E-state index is 0.940. The van der Waals surface area contributed by atoms with Gasteiger partial charge in [-0.1, -0.05) is 26.0 Å². The van der Waals surface area contributed by atoms with Crippen LogP contribution in [0, 0.1) is 11.8 Å². The third-order valence-electron chi connectivity index (χ3n) is 1.79. The molecule has 0 aromatic rings. The van der Waals surface area contributed by atoms with Crippen molar-refractivity contribution in [1.82, 2.24) is 0 Å². The van der Waals surface area contributed by atoms with Crippen LogP contribution in [0.1, 0.15) is 26.7 Å². The van der Waals surface area contributed by atoms with Gasteiger partial charge in [-0.15, -0.1) is 0 Å². The highest BCUT2D eigenvalue weighted by molar-refractivity contribution is 4.99. The van der Waals surface area contributed by atoms with Gasteiger partial charge in [0.1, 0.15) is 0 Å². The molecule has 2 unspecified atom stereocenters. The van der Waals surface area contributed by atoms with E-state index in [2.05, 4.69) is 26.0 Å². The zero-order valence-corrected chi connectivity index (χ0v) is 5.72. The van der Waals surface area contributed by atoms with Crippen LogP contribution >= 0.6 is 0 Å². The summed E-state index contributed by atoms with van der Waals surface area (Å²) >= 11 is 0. The van der Waals surface area contributed by atoms with Crippen molar-refractivity contribution in [2.24, 2.45) is 11.8 Å². The molecule has 8 heavy (non-hydrogen) atoms. The summed E-state index contributed by atoms with van der Waals surface area (Å²) in [5.74, 6) is 1.92. The molecule has 46 valence electrons. The molecular formula is C8H14. The van der Waals surface area contributed by atoms with E-state index in [1.807, 2.05) is 0 Å². The summed E-state index contributed by atoms with van der Waals surface area (Å²) in [5.41, 5.74) is 0. The van der Waals surface area contributed by atoms with Crippen LogP contribution in [0.5, 0.6) is 0 Å². The first-order valence-corrected chi connectivity index (χ1v) is 3.51.